The predicted octanol–water partition coefficient (Wildman–Crippen LogP) is 7.47. The van der Waals surface area contributed by atoms with Crippen LogP contribution in [0, 0.1) is 5.92 Å². The van der Waals surface area contributed by atoms with Gasteiger partial charge in [0, 0.05) is 60.7 Å². The first-order valence-corrected chi connectivity index (χ1v) is 23.7. The molecule has 5 N–H and O–H groups in total. The Morgan fingerprint density at radius 2 is 1.71 bits per heavy atom. The third-order valence-corrected chi connectivity index (χ3v) is 13.8. The van der Waals surface area contributed by atoms with Gasteiger partial charge in [-0.05, 0) is 115 Å². The molecule has 4 aliphatic rings. The lowest BCUT2D eigenvalue weighted by Gasteiger charge is -2.39. The molecule has 2 aliphatic heterocycles. The summed E-state index contributed by atoms with van der Waals surface area (Å²) in [6.45, 7) is 5.34. The fourth-order valence-electron chi connectivity index (χ4n) is 9.34. The molecule has 352 valence electrons. The lowest BCUT2D eigenvalue weighted by Crippen LogP contribution is -2.57. The van der Waals surface area contributed by atoms with Gasteiger partial charge in [0.2, 0.25) is 5.91 Å². The normalized spacial score (nSPS) is 24.9. The van der Waals surface area contributed by atoms with E-state index >= 15 is 0 Å². The summed E-state index contributed by atoms with van der Waals surface area (Å²) in [6.07, 6.45) is 6.94. The number of imide groups is 1. The average molecular weight is 933 g/mol. The third-order valence-electron chi connectivity index (χ3n) is 12.8. The molecule has 2 aliphatic carbocycles. The number of carbonyl (C=O) groups is 4. The average Bonchev–Trinajstić information content (AvgIpc) is 3.74. The maximum atomic E-state index is 13.5. The fourth-order valence-corrected chi connectivity index (χ4v) is 9.95. The van der Waals surface area contributed by atoms with Gasteiger partial charge in [-0.1, -0.05) is 31.6 Å². The monoisotopic (exact) mass is 932 g/mol. The van der Waals surface area contributed by atoms with Crippen LogP contribution >= 0.6 is 10.2 Å². The van der Waals surface area contributed by atoms with Crippen molar-refractivity contribution in [2.24, 2.45) is 5.92 Å². The van der Waals surface area contributed by atoms with E-state index in [1.54, 1.807) is 30.3 Å². The Morgan fingerprint density at radius 3 is 2.40 bits per heavy atom. The standard InChI is InChI=1S/C44H53F5N8O7S/c1-44(2,63)31-22-34-26(19-35(31)52-40(59)33-9-5-10-38(51-33)65(45,46,47,48)49)24-56(54-34)28-13-11-25(12-14-28)23-55(3)17-6-18-64-29-20-27(21-29)50-32-8-4-7-30-39(32)43(62)57(42(30)61)36-15-16-37(58)53-41(36)60/h4-5,7-10,19,22,24-25,27-29,36,41,50,60,63H,6,11-18,20-21,23H2,1-3H3,(H,52,59)(H,53,58). The molecule has 0 bridgehead atoms. The van der Waals surface area contributed by atoms with E-state index in [0.29, 0.717) is 35.2 Å². The van der Waals surface area contributed by atoms with Crippen molar-refractivity contribution in [2.45, 2.75) is 113 Å². The van der Waals surface area contributed by atoms with Gasteiger partial charge in [0.1, 0.15) is 11.9 Å². The molecule has 2 aromatic heterocycles. The molecule has 0 spiro atoms. The minimum atomic E-state index is -10.1. The molecule has 21 heteroatoms. The second-order valence-electron chi connectivity index (χ2n) is 18.3. The number of carbonyl (C=O) groups excluding carboxylic acids is 4. The maximum Gasteiger partial charge on any atom is 0.325 e. The van der Waals surface area contributed by atoms with Gasteiger partial charge in [0.15, 0.2) is 5.03 Å². The van der Waals surface area contributed by atoms with Gasteiger partial charge >= 0.3 is 10.2 Å². The molecular formula is C44H53F5N8O7S. The van der Waals surface area contributed by atoms with Gasteiger partial charge in [0.25, 0.3) is 17.7 Å². The van der Waals surface area contributed by atoms with E-state index in [1.165, 1.54) is 13.8 Å². The number of rotatable bonds is 15. The molecule has 8 rings (SSSR count). The quantitative estimate of drug-likeness (QED) is 0.0452. The van der Waals surface area contributed by atoms with Crippen LogP contribution in [0.1, 0.15) is 114 Å². The Hall–Kier alpha value is -5.22. The first-order chi connectivity index (χ1) is 30.4. The lowest BCUT2D eigenvalue weighted by atomic mass is 9.86. The first-order valence-electron chi connectivity index (χ1n) is 21.7. The number of aliphatic hydroxyl groups is 2. The molecule has 4 aromatic rings. The number of hydrogen-bond acceptors (Lipinski definition) is 11. The number of hydrogen-bond donors (Lipinski definition) is 5. The third kappa shape index (κ3) is 10.1. The van der Waals surface area contributed by atoms with Gasteiger partial charge in [0.05, 0.1) is 40.4 Å². The second kappa shape index (κ2) is 16.6. The van der Waals surface area contributed by atoms with Crippen molar-refractivity contribution < 1.29 is 53.6 Å². The molecule has 3 fully saturated rings. The van der Waals surface area contributed by atoms with E-state index in [-0.39, 0.29) is 65.4 Å². The highest BCUT2D eigenvalue weighted by Crippen LogP contribution is 3.01. The van der Waals surface area contributed by atoms with Gasteiger partial charge < -0.3 is 35.8 Å². The molecule has 0 radical (unpaired) electrons. The summed E-state index contributed by atoms with van der Waals surface area (Å²) in [7, 11) is -8.03. The van der Waals surface area contributed by atoms with Crippen LogP contribution < -0.4 is 16.0 Å². The number of aliphatic hydroxyl groups excluding tert-OH is 1. The number of ether oxygens (including phenoxy) is 1. The topological polar surface area (TPSA) is 191 Å². The highest BCUT2D eigenvalue weighted by atomic mass is 32.5. The van der Waals surface area contributed by atoms with Crippen LogP contribution in [-0.2, 0) is 15.1 Å². The minimum absolute atomic E-state index is 0.0679. The smallest absolute Gasteiger partial charge is 0.325 e. The summed E-state index contributed by atoms with van der Waals surface area (Å²) in [6, 6.07) is 9.29. The number of halogens is 5. The molecule has 65 heavy (non-hydrogen) atoms. The Labute approximate surface area is 371 Å². The van der Waals surface area contributed by atoms with Crippen molar-refractivity contribution in [1.82, 2.24) is 29.9 Å². The van der Waals surface area contributed by atoms with Crippen LogP contribution in [0.4, 0.5) is 30.8 Å². The SMILES string of the molecule is CN(CCCOC1CC(Nc2cccc3c2C(=O)N(C2CCC(=O)NC2O)C3=O)C1)CC1CCC(n2cc3cc(NC(=O)c4cccc(S(F)(F)(F)(F)F)n4)c(C(C)(C)O)cc3n2)CC1. The molecular weight excluding hydrogens is 880 g/mol. The predicted molar refractivity (Wildman–Crippen MR) is 232 cm³/mol. The van der Waals surface area contributed by atoms with Crippen LogP contribution in [-0.4, -0.2) is 110 Å². The number of pyridine rings is 1. The first kappa shape index (κ1) is 46.3. The Kier molecular flexibility index (Phi) is 11.8. The highest BCUT2D eigenvalue weighted by Gasteiger charge is 2.67. The van der Waals surface area contributed by atoms with E-state index in [1.807, 2.05) is 10.9 Å². The summed E-state index contributed by atoms with van der Waals surface area (Å²) in [5.74, 6) is -1.97. The van der Waals surface area contributed by atoms with Gasteiger partial charge in [-0.2, -0.15) is 5.10 Å². The molecule has 2 saturated carbocycles. The summed E-state index contributed by atoms with van der Waals surface area (Å²) in [5.41, 5.74) is -0.413. The van der Waals surface area contributed by atoms with Gasteiger partial charge in [-0.25, -0.2) is 4.98 Å². The van der Waals surface area contributed by atoms with Crippen molar-refractivity contribution in [3.8, 4) is 0 Å². The molecule has 2 unspecified atom stereocenters. The van der Waals surface area contributed by atoms with Crippen molar-refractivity contribution in [3.05, 3.63) is 77.1 Å². The van der Waals surface area contributed by atoms with Gasteiger partial charge in [-0.15, -0.1) is 0 Å². The largest absolute Gasteiger partial charge is 0.386 e. The number of benzene rings is 2. The van der Waals surface area contributed by atoms with Crippen molar-refractivity contribution in [1.29, 1.82) is 0 Å². The van der Waals surface area contributed by atoms with E-state index in [0.717, 1.165) is 69.0 Å². The second-order valence-corrected chi connectivity index (χ2v) is 20.7. The van der Waals surface area contributed by atoms with Crippen LogP contribution in [0.2, 0.25) is 0 Å². The Balaban J connectivity index is 0.775. The zero-order valence-corrected chi connectivity index (χ0v) is 36.9. The van der Waals surface area contributed by atoms with E-state index < -0.39 is 56.5 Å². The minimum Gasteiger partial charge on any atom is -0.386 e. The summed E-state index contributed by atoms with van der Waals surface area (Å²) >= 11 is 0. The number of nitrogens with zero attached hydrogens (tertiary/aromatic N) is 5. The van der Waals surface area contributed by atoms with Crippen molar-refractivity contribution in [2.75, 3.05) is 37.4 Å². The lowest BCUT2D eigenvalue weighted by molar-refractivity contribution is -0.129. The number of amides is 4. The molecule has 2 atom stereocenters. The zero-order chi connectivity index (χ0) is 46.7. The molecule has 2 aromatic carbocycles. The van der Waals surface area contributed by atoms with Crippen molar-refractivity contribution >= 4 is 56.1 Å². The summed E-state index contributed by atoms with van der Waals surface area (Å²) in [4.78, 5) is 57.7. The molecule has 15 nitrogen and oxygen atoms in total. The zero-order valence-electron chi connectivity index (χ0n) is 36.1. The van der Waals surface area contributed by atoms with Crippen LogP contribution in [0.15, 0.2) is 59.8 Å². The number of anilines is 2. The molecule has 1 saturated heterocycles. The van der Waals surface area contributed by atoms with Crippen molar-refractivity contribution in [3.63, 3.8) is 0 Å². The van der Waals surface area contributed by atoms with E-state index in [2.05, 4.69) is 32.9 Å². The van der Waals surface area contributed by atoms with E-state index in [9.17, 15) is 48.8 Å². The maximum absolute atomic E-state index is 13.5. The van der Waals surface area contributed by atoms with E-state index in [4.69, 9.17) is 9.84 Å². The number of nitrogens with one attached hydrogen (secondary N) is 3. The van der Waals surface area contributed by atoms with Crippen LogP contribution in [0.5, 0.6) is 0 Å². The fraction of sp³-hybridized carbons (Fsp3) is 0.500. The number of piperidine rings is 1. The van der Waals surface area contributed by atoms with Crippen LogP contribution in [0.3, 0.4) is 0 Å². The summed E-state index contributed by atoms with van der Waals surface area (Å²) in [5, 5.41) is 32.6. The number of aromatic nitrogens is 3. The highest BCUT2D eigenvalue weighted by molar-refractivity contribution is 8.45. The molecule has 4 amide bonds. The Morgan fingerprint density at radius 1 is 0.985 bits per heavy atom. The summed E-state index contributed by atoms with van der Waals surface area (Å²) < 4.78 is 75.1. The van der Waals surface area contributed by atoms with Crippen LogP contribution in [0.25, 0.3) is 10.9 Å². The Bertz CT molecular complexity index is 2520. The number of fused-ring (bicyclic) bond motifs is 2. The van der Waals surface area contributed by atoms with Gasteiger partial charge in [-0.3, -0.25) is 28.8 Å². The molecule has 4 heterocycles.